The van der Waals surface area contributed by atoms with Gasteiger partial charge in [0.1, 0.15) is 12.5 Å². The van der Waals surface area contributed by atoms with Crippen molar-refractivity contribution in [3.05, 3.63) is 41.5 Å². The van der Waals surface area contributed by atoms with Gasteiger partial charge in [-0.25, -0.2) is 14.4 Å². The van der Waals surface area contributed by atoms with Crippen LogP contribution in [-0.4, -0.2) is 58.1 Å². The van der Waals surface area contributed by atoms with Crippen molar-refractivity contribution in [2.75, 3.05) is 19.8 Å². The van der Waals surface area contributed by atoms with E-state index in [1.807, 2.05) is 12.1 Å². The van der Waals surface area contributed by atoms with Crippen molar-refractivity contribution in [3.8, 4) is 18.1 Å². The summed E-state index contributed by atoms with van der Waals surface area (Å²) in [6, 6.07) is 5.90. The van der Waals surface area contributed by atoms with Gasteiger partial charge in [0, 0.05) is 24.7 Å². The second-order valence-corrected chi connectivity index (χ2v) is 5.91. The molecule has 156 valence electrons. The fourth-order valence-electron chi connectivity index (χ4n) is 2.65. The molecule has 9 heteroatoms. The molecule has 0 radical (unpaired) electrons. The quantitative estimate of drug-likeness (QED) is 0.304. The molecule has 1 aliphatic rings. The van der Waals surface area contributed by atoms with Gasteiger partial charge < -0.3 is 20.1 Å². The monoisotopic (exact) mass is 404 g/mol. The van der Waals surface area contributed by atoms with Gasteiger partial charge in [-0.05, 0) is 43.0 Å². The zero-order chi connectivity index (χ0) is 21.8. The summed E-state index contributed by atoms with van der Waals surface area (Å²) in [6.07, 6.45) is 7.76. The van der Waals surface area contributed by atoms with Crippen molar-refractivity contribution >= 4 is 18.0 Å². The molecule has 0 fully saturated rings. The maximum Gasteiger partial charge on any atom is 0.417 e. The molecular weight excluding hydrogens is 380 g/mol. The molecule has 0 heterocycles. The van der Waals surface area contributed by atoms with Crippen molar-refractivity contribution in [3.63, 3.8) is 0 Å². The Kier molecular flexibility index (Phi) is 9.95. The van der Waals surface area contributed by atoms with Crippen LogP contribution in [0.3, 0.4) is 0 Å². The number of ether oxygens (including phenoxy) is 1. The summed E-state index contributed by atoms with van der Waals surface area (Å²) < 4.78 is 5.27. The largest absolute Gasteiger partial charge is 0.478 e. The summed E-state index contributed by atoms with van der Waals surface area (Å²) >= 11 is 0. The number of carboxylic acids is 2. The predicted octanol–water partition coefficient (Wildman–Crippen LogP) is 1.38. The molecule has 0 saturated carbocycles. The molecule has 0 saturated heterocycles. The highest BCUT2D eigenvalue weighted by Gasteiger charge is 2.23. The Labute approximate surface area is 168 Å². The molecule has 4 N–H and O–H groups in total. The number of terminal acetylenes is 1. The Morgan fingerprint density at radius 1 is 1.31 bits per heavy atom. The number of aliphatic carboxylic acids is 2. The van der Waals surface area contributed by atoms with E-state index in [1.54, 1.807) is 13.0 Å². The number of benzene rings is 1. The van der Waals surface area contributed by atoms with Gasteiger partial charge in [0.15, 0.2) is 0 Å². The van der Waals surface area contributed by atoms with Crippen LogP contribution in [0.5, 0.6) is 5.75 Å². The van der Waals surface area contributed by atoms with E-state index in [0.717, 1.165) is 12.8 Å². The zero-order valence-electron chi connectivity index (χ0n) is 16.0. The highest BCUT2D eigenvalue weighted by atomic mass is 16.6. The number of aryl methyl sites for hydroxylation is 1. The smallest absolute Gasteiger partial charge is 0.417 e. The van der Waals surface area contributed by atoms with Crippen molar-refractivity contribution < 1.29 is 34.4 Å². The lowest BCUT2D eigenvalue weighted by atomic mass is 10.1. The number of carbonyl (C=O) groups excluding carboxylic acids is 1. The number of hydrogen-bond donors (Lipinski definition) is 4. The number of carbonyl (C=O) groups is 3. The molecule has 0 bridgehead atoms. The summed E-state index contributed by atoms with van der Waals surface area (Å²) in [6.45, 7) is 2.38. The van der Waals surface area contributed by atoms with Crippen LogP contribution < -0.4 is 10.1 Å². The summed E-state index contributed by atoms with van der Waals surface area (Å²) in [7, 11) is 0. The van der Waals surface area contributed by atoms with E-state index >= 15 is 0 Å². The second-order valence-electron chi connectivity index (χ2n) is 5.91. The second kappa shape index (κ2) is 12.2. The highest BCUT2D eigenvalue weighted by molar-refractivity contribution is 5.89. The van der Waals surface area contributed by atoms with E-state index in [4.69, 9.17) is 26.5 Å². The molecular formula is C20H24N2O7. The molecule has 1 amide bonds. The van der Waals surface area contributed by atoms with E-state index in [9.17, 15) is 14.4 Å². The van der Waals surface area contributed by atoms with E-state index in [1.165, 1.54) is 16.0 Å². The van der Waals surface area contributed by atoms with Gasteiger partial charge in [-0.1, -0.05) is 12.0 Å². The third kappa shape index (κ3) is 8.04. The lowest BCUT2D eigenvalue weighted by Gasteiger charge is -2.17. The Balaban J connectivity index is 0.000000447. The number of rotatable bonds is 7. The van der Waals surface area contributed by atoms with Gasteiger partial charge in [0.2, 0.25) is 0 Å². The SMILES string of the molecule is C#CCNC1CCc2cc(OC(=O)N(CC)CO)ccc21.O=C(O)/C=C/C(=O)O. The first kappa shape index (κ1) is 23.7. The number of hydrogen-bond acceptors (Lipinski definition) is 6. The number of aliphatic hydroxyl groups excluding tert-OH is 1. The molecule has 29 heavy (non-hydrogen) atoms. The van der Waals surface area contributed by atoms with Gasteiger partial charge in [-0.3, -0.25) is 10.2 Å². The lowest BCUT2D eigenvalue weighted by molar-refractivity contribution is -0.134. The number of nitrogens with one attached hydrogen (secondary N) is 1. The van der Waals surface area contributed by atoms with Crippen molar-refractivity contribution in [1.29, 1.82) is 0 Å². The van der Waals surface area contributed by atoms with Crippen LogP contribution in [0.2, 0.25) is 0 Å². The number of fused-ring (bicyclic) bond motifs is 1. The minimum atomic E-state index is -1.26. The predicted molar refractivity (Wildman–Crippen MR) is 104 cm³/mol. The molecule has 1 aromatic carbocycles. The van der Waals surface area contributed by atoms with Gasteiger partial charge in [-0.15, -0.1) is 6.42 Å². The topological polar surface area (TPSA) is 136 Å². The third-order valence-electron chi connectivity index (χ3n) is 4.03. The first-order valence-corrected chi connectivity index (χ1v) is 8.83. The number of nitrogens with zero attached hydrogens (tertiary/aromatic N) is 1. The van der Waals surface area contributed by atoms with E-state index < -0.39 is 18.0 Å². The van der Waals surface area contributed by atoms with Gasteiger partial charge in [0.05, 0.1) is 6.54 Å². The number of amides is 1. The van der Waals surface area contributed by atoms with Crippen LogP contribution in [0.25, 0.3) is 0 Å². The molecule has 0 spiro atoms. The standard InChI is InChI=1S/C16H20N2O3.C4H4O4/c1-3-9-17-15-8-5-12-10-13(6-7-14(12)15)21-16(20)18(4-2)11-19;5-3(6)1-2-4(7)8/h1,6-7,10,15,17,19H,4-5,8-9,11H2,2H3;1-2H,(H,5,6)(H,7,8)/b;2-1+. The zero-order valence-corrected chi connectivity index (χ0v) is 16.0. The van der Waals surface area contributed by atoms with Crippen LogP contribution >= 0.6 is 0 Å². The van der Waals surface area contributed by atoms with Crippen molar-refractivity contribution in [2.45, 2.75) is 25.8 Å². The van der Waals surface area contributed by atoms with Crippen LogP contribution in [-0.2, 0) is 16.0 Å². The Morgan fingerprint density at radius 2 is 1.97 bits per heavy atom. The summed E-state index contributed by atoms with van der Waals surface area (Å²) in [5, 5.41) is 28.0. The summed E-state index contributed by atoms with van der Waals surface area (Å²) in [5.41, 5.74) is 2.38. The Morgan fingerprint density at radius 3 is 2.48 bits per heavy atom. The fourth-order valence-corrected chi connectivity index (χ4v) is 2.65. The van der Waals surface area contributed by atoms with Crippen LogP contribution in [0.15, 0.2) is 30.4 Å². The number of carboxylic acid groups (broad SMARTS) is 2. The number of aliphatic hydroxyl groups is 1. The van der Waals surface area contributed by atoms with Crippen LogP contribution in [0.4, 0.5) is 4.79 Å². The first-order valence-electron chi connectivity index (χ1n) is 8.83. The molecule has 0 aliphatic heterocycles. The molecule has 1 aromatic rings. The highest BCUT2D eigenvalue weighted by Crippen LogP contribution is 2.33. The van der Waals surface area contributed by atoms with Crippen molar-refractivity contribution in [1.82, 2.24) is 10.2 Å². The van der Waals surface area contributed by atoms with E-state index in [2.05, 4.69) is 11.2 Å². The van der Waals surface area contributed by atoms with E-state index in [-0.39, 0.29) is 12.8 Å². The minimum Gasteiger partial charge on any atom is -0.478 e. The van der Waals surface area contributed by atoms with Gasteiger partial charge in [-0.2, -0.15) is 0 Å². The Hall–Kier alpha value is -3.35. The summed E-state index contributed by atoms with van der Waals surface area (Å²) in [4.78, 5) is 32.1. The van der Waals surface area contributed by atoms with Crippen LogP contribution in [0.1, 0.15) is 30.5 Å². The molecule has 9 nitrogen and oxygen atoms in total. The van der Waals surface area contributed by atoms with Gasteiger partial charge >= 0.3 is 18.0 Å². The van der Waals surface area contributed by atoms with E-state index in [0.29, 0.717) is 31.0 Å². The molecule has 1 unspecified atom stereocenters. The molecule has 0 aromatic heterocycles. The average molecular weight is 404 g/mol. The van der Waals surface area contributed by atoms with Gasteiger partial charge in [0.25, 0.3) is 0 Å². The normalized spacial score (nSPS) is 14.3. The minimum absolute atomic E-state index is 0.269. The third-order valence-corrected chi connectivity index (χ3v) is 4.03. The maximum absolute atomic E-state index is 11.8. The van der Waals surface area contributed by atoms with Crippen LogP contribution in [0, 0.1) is 12.3 Å². The fraction of sp³-hybridized carbons (Fsp3) is 0.350. The molecule has 1 aliphatic carbocycles. The molecule has 1 atom stereocenters. The summed E-state index contributed by atoms with van der Waals surface area (Å²) in [5.74, 6) is 0.567. The molecule has 2 rings (SSSR count). The first-order chi connectivity index (χ1) is 13.8. The average Bonchev–Trinajstić information content (AvgIpc) is 3.08. The maximum atomic E-state index is 11.8. The Bertz CT molecular complexity index is 779. The lowest BCUT2D eigenvalue weighted by Crippen LogP contribution is -2.34. The van der Waals surface area contributed by atoms with Crippen molar-refractivity contribution in [2.24, 2.45) is 0 Å².